The molecule has 1 N–H and O–H groups in total. The van der Waals surface area contributed by atoms with E-state index in [0.29, 0.717) is 6.04 Å². The Morgan fingerprint density at radius 3 is 2.47 bits per heavy atom. The summed E-state index contributed by atoms with van der Waals surface area (Å²) in [5, 5.41) is 3.54. The van der Waals surface area contributed by atoms with E-state index in [1.54, 1.807) is 7.11 Å². The maximum atomic E-state index is 5.43. The molecule has 0 spiro atoms. The zero-order chi connectivity index (χ0) is 12.7. The van der Waals surface area contributed by atoms with Crippen LogP contribution in [0.1, 0.15) is 32.8 Å². The molecule has 1 aromatic carbocycles. The van der Waals surface area contributed by atoms with E-state index in [0.717, 1.165) is 19.4 Å². The Balaban J connectivity index is 2.23. The minimum atomic E-state index is -0.0425. The van der Waals surface area contributed by atoms with Crippen molar-refractivity contribution in [3.63, 3.8) is 0 Å². The second kappa shape index (κ2) is 6.77. The smallest absolute Gasteiger partial charge is 0.0637 e. The van der Waals surface area contributed by atoms with E-state index in [4.69, 9.17) is 4.74 Å². The molecule has 0 fully saturated rings. The Morgan fingerprint density at radius 2 is 1.88 bits per heavy atom. The lowest BCUT2D eigenvalue weighted by molar-refractivity contribution is 0.00865. The maximum Gasteiger partial charge on any atom is 0.0637 e. The number of ether oxygens (including phenoxy) is 1. The van der Waals surface area contributed by atoms with Crippen LogP contribution in [0.15, 0.2) is 30.3 Å². The van der Waals surface area contributed by atoms with Gasteiger partial charge in [0.1, 0.15) is 0 Å². The van der Waals surface area contributed by atoms with Crippen LogP contribution in [0.5, 0.6) is 0 Å². The van der Waals surface area contributed by atoms with Crippen LogP contribution >= 0.6 is 0 Å². The monoisotopic (exact) mass is 235 g/mol. The first-order chi connectivity index (χ1) is 8.03. The lowest BCUT2D eigenvalue weighted by Crippen LogP contribution is -2.36. The average molecular weight is 235 g/mol. The highest BCUT2D eigenvalue weighted by molar-refractivity contribution is 5.14. The van der Waals surface area contributed by atoms with E-state index in [2.05, 4.69) is 56.4 Å². The number of methoxy groups -OCH3 is 1. The van der Waals surface area contributed by atoms with Gasteiger partial charge in [-0.1, -0.05) is 30.3 Å². The third-order valence-corrected chi connectivity index (χ3v) is 3.10. The van der Waals surface area contributed by atoms with Crippen molar-refractivity contribution >= 4 is 0 Å². The van der Waals surface area contributed by atoms with Crippen molar-refractivity contribution in [2.24, 2.45) is 0 Å². The van der Waals surface area contributed by atoms with Gasteiger partial charge in [-0.15, -0.1) is 0 Å². The molecule has 1 rings (SSSR count). The molecule has 0 aliphatic rings. The fourth-order valence-electron chi connectivity index (χ4n) is 2.00. The highest BCUT2D eigenvalue weighted by Crippen LogP contribution is 2.15. The predicted octanol–water partition coefficient (Wildman–Crippen LogP) is 3.02. The van der Waals surface area contributed by atoms with Crippen LogP contribution in [-0.4, -0.2) is 25.3 Å². The fourth-order valence-corrected chi connectivity index (χ4v) is 2.00. The summed E-state index contributed by atoms with van der Waals surface area (Å²) in [5.74, 6) is 0. The van der Waals surface area contributed by atoms with Crippen molar-refractivity contribution in [1.82, 2.24) is 5.32 Å². The summed E-state index contributed by atoms with van der Waals surface area (Å²) < 4.78 is 5.43. The Bertz CT molecular complexity index is 308. The number of nitrogens with one attached hydrogen (secondary N) is 1. The number of benzene rings is 1. The second-order valence-electron chi connectivity index (χ2n) is 5.26. The molecular formula is C15H25NO. The van der Waals surface area contributed by atoms with Crippen LogP contribution in [0, 0.1) is 0 Å². The molecule has 2 nitrogen and oxygen atoms in total. The second-order valence-corrected chi connectivity index (χ2v) is 5.26. The molecule has 1 unspecified atom stereocenters. The van der Waals surface area contributed by atoms with Gasteiger partial charge in [-0.2, -0.15) is 0 Å². The van der Waals surface area contributed by atoms with Crippen molar-refractivity contribution in [3.8, 4) is 0 Å². The highest BCUT2D eigenvalue weighted by Gasteiger charge is 2.19. The lowest BCUT2D eigenvalue weighted by atomic mass is 10.00. The van der Waals surface area contributed by atoms with Crippen LogP contribution in [0.4, 0.5) is 0 Å². The molecule has 1 atom stereocenters. The first kappa shape index (κ1) is 14.2. The van der Waals surface area contributed by atoms with E-state index in [-0.39, 0.29) is 5.60 Å². The summed E-state index contributed by atoms with van der Waals surface area (Å²) in [4.78, 5) is 0. The molecule has 0 amide bonds. The Hall–Kier alpha value is -0.860. The number of rotatable bonds is 7. The van der Waals surface area contributed by atoms with E-state index in [1.165, 1.54) is 5.56 Å². The van der Waals surface area contributed by atoms with Gasteiger partial charge in [-0.05, 0) is 45.7 Å². The third kappa shape index (κ3) is 5.85. The van der Waals surface area contributed by atoms with E-state index in [9.17, 15) is 0 Å². The minimum absolute atomic E-state index is 0.0425. The SMILES string of the molecule is COC(C)(C)CC(C)NCCc1ccccc1. The van der Waals surface area contributed by atoms with Crippen molar-refractivity contribution in [3.05, 3.63) is 35.9 Å². The summed E-state index contributed by atoms with van der Waals surface area (Å²) in [6, 6.07) is 11.1. The van der Waals surface area contributed by atoms with E-state index >= 15 is 0 Å². The van der Waals surface area contributed by atoms with Gasteiger partial charge in [-0.25, -0.2) is 0 Å². The molecule has 0 saturated carbocycles. The zero-order valence-corrected chi connectivity index (χ0v) is 11.5. The summed E-state index contributed by atoms with van der Waals surface area (Å²) in [6.45, 7) is 7.49. The Labute approximate surface area is 105 Å². The molecule has 0 aliphatic carbocycles. The summed E-state index contributed by atoms with van der Waals surface area (Å²) >= 11 is 0. The van der Waals surface area contributed by atoms with Crippen LogP contribution in [-0.2, 0) is 11.2 Å². The van der Waals surface area contributed by atoms with Crippen LogP contribution in [0.2, 0.25) is 0 Å². The summed E-state index contributed by atoms with van der Waals surface area (Å²) in [7, 11) is 1.77. The molecule has 0 aromatic heterocycles. The van der Waals surface area contributed by atoms with Crippen molar-refractivity contribution in [2.45, 2.75) is 45.3 Å². The predicted molar refractivity (Wildman–Crippen MR) is 73.3 cm³/mol. The highest BCUT2D eigenvalue weighted by atomic mass is 16.5. The van der Waals surface area contributed by atoms with Crippen molar-refractivity contribution in [1.29, 1.82) is 0 Å². The molecular weight excluding hydrogens is 210 g/mol. The van der Waals surface area contributed by atoms with Crippen LogP contribution in [0.3, 0.4) is 0 Å². The largest absolute Gasteiger partial charge is 0.379 e. The molecule has 2 heteroatoms. The quantitative estimate of drug-likeness (QED) is 0.784. The minimum Gasteiger partial charge on any atom is -0.379 e. The topological polar surface area (TPSA) is 21.3 Å². The zero-order valence-electron chi connectivity index (χ0n) is 11.5. The molecule has 0 bridgehead atoms. The van der Waals surface area contributed by atoms with Gasteiger partial charge in [0.05, 0.1) is 5.60 Å². The van der Waals surface area contributed by atoms with Crippen molar-refractivity contribution < 1.29 is 4.74 Å². The molecule has 17 heavy (non-hydrogen) atoms. The molecule has 0 saturated heterocycles. The van der Waals surface area contributed by atoms with Gasteiger partial charge >= 0.3 is 0 Å². The van der Waals surface area contributed by atoms with E-state index in [1.807, 2.05) is 0 Å². The Kier molecular flexibility index (Phi) is 5.66. The Morgan fingerprint density at radius 1 is 1.24 bits per heavy atom. The van der Waals surface area contributed by atoms with Gasteiger partial charge in [0.15, 0.2) is 0 Å². The van der Waals surface area contributed by atoms with Crippen LogP contribution in [0.25, 0.3) is 0 Å². The maximum absolute atomic E-state index is 5.43. The molecule has 0 aliphatic heterocycles. The summed E-state index contributed by atoms with van der Waals surface area (Å²) in [6.07, 6.45) is 2.11. The molecule has 0 heterocycles. The van der Waals surface area contributed by atoms with Gasteiger partial charge in [0.2, 0.25) is 0 Å². The molecule has 96 valence electrons. The summed E-state index contributed by atoms with van der Waals surface area (Å²) in [5.41, 5.74) is 1.34. The first-order valence-corrected chi connectivity index (χ1v) is 6.36. The van der Waals surface area contributed by atoms with Gasteiger partial charge < -0.3 is 10.1 Å². The third-order valence-electron chi connectivity index (χ3n) is 3.10. The van der Waals surface area contributed by atoms with Gasteiger partial charge in [0.25, 0.3) is 0 Å². The normalized spacial score (nSPS) is 13.6. The lowest BCUT2D eigenvalue weighted by Gasteiger charge is -2.27. The number of hydrogen-bond donors (Lipinski definition) is 1. The van der Waals surface area contributed by atoms with Crippen molar-refractivity contribution in [2.75, 3.05) is 13.7 Å². The number of hydrogen-bond acceptors (Lipinski definition) is 2. The first-order valence-electron chi connectivity index (χ1n) is 6.36. The molecule has 0 radical (unpaired) electrons. The van der Waals surface area contributed by atoms with Crippen LogP contribution < -0.4 is 5.32 Å². The van der Waals surface area contributed by atoms with Gasteiger partial charge in [-0.3, -0.25) is 0 Å². The molecule has 1 aromatic rings. The van der Waals surface area contributed by atoms with Gasteiger partial charge in [0, 0.05) is 13.2 Å². The standard InChI is InChI=1S/C15H25NO/c1-13(12-15(2,3)17-4)16-11-10-14-8-6-5-7-9-14/h5-9,13,16H,10-12H2,1-4H3. The fraction of sp³-hybridized carbons (Fsp3) is 0.600. The average Bonchev–Trinajstić information content (AvgIpc) is 2.30. The van der Waals surface area contributed by atoms with E-state index < -0.39 is 0 Å².